The number of anilines is 1. The van der Waals surface area contributed by atoms with E-state index in [1.165, 1.54) is 0 Å². The van der Waals surface area contributed by atoms with E-state index in [1.54, 1.807) is 12.1 Å². The summed E-state index contributed by atoms with van der Waals surface area (Å²) in [6.07, 6.45) is 0. The van der Waals surface area contributed by atoms with Crippen LogP contribution in [-0.4, -0.2) is 43.5 Å². The van der Waals surface area contributed by atoms with Crippen LogP contribution in [0.15, 0.2) is 18.2 Å². The van der Waals surface area contributed by atoms with Gasteiger partial charge in [0.1, 0.15) is 0 Å². The first-order chi connectivity index (χ1) is 7.68. The van der Waals surface area contributed by atoms with E-state index >= 15 is 0 Å². The fraction of sp³-hybridized carbons (Fsp3) is 0.400. The molecule has 4 nitrogen and oxygen atoms in total. The molecular formula is C10H13BClNO3. The third kappa shape index (κ3) is 2.49. The predicted octanol–water partition coefficient (Wildman–Crippen LogP) is -0.144. The van der Waals surface area contributed by atoms with Crippen molar-refractivity contribution < 1.29 is 14.8 Å². The van der Waals surface area contributed by atoms with Crippen molar-refractivity contribution in [2.45, 2.75) is 0 Å². The topological polar surface area (TPSA) is 52.9 Å². The third-order valence-corrected chi connectivity index (χ3v) is 2.97. The van der Waals surface area contributed by atoms with E-state index in [1.807, 2.05) is 6.07 Å². The second-order valence-corrected chi connectivity index (χ2v) is 4.09. The van der Waals surface area contributed by atoms with Gasteiger partial charge in [-0.25, -0.2) is 0 Å². The zero-order valence-electron chi connectivity index (χ0n) is 8.77. The van der Waals surface area contributed by atoms with Gasteiger partial charge in [-0.05, 0) is 12.1 Å². The van der Waals surface area contributed by atoms with Gasteiger partial charge in [0.25, 0.3) is 0 Å². The average molecular weight is 241 g/mol. The smallest absolute Gasteiger partial charge is 0.423 e. The summed E-state index contributed by atoms with van der Waals surface area (Å²) < 4.78 is 5.26. The Kier molecular flexibility index (Phi) is 3.71. The molecule has 2 N–H and O–H groups in total. The molecule has 1 fully saturated rings. The number of hydrogen-bond acceptors (Lipinski definition) is 4. The molecule has 16 heavy (non-hydrogen) atoms. The Morgan fingerprint density at radius 3 is 2.50 bits per heavy atom. The molecule has 0 unspecified atom stereocenters. The summed E-state index contributed by atoms with van der Waals surface area (Å²) in [5.41, 5.74) is 1.32. The quantitative estimate of drug-likeness (QED) is 0.708. The SMILES string of the molecule is OB(O)c1ccc(N2CCOCC2)cc1Cl. The van der Waals surface area contributed by atoms with Gasteiger partial charge in [0.05, 0.1) is 13.2 Å². The number of rotatable bonds is 2. The second-order valence-electron chi connectivity index (χ2n) is 3.68. The monoisotopic (exact) mass is 241 g/mol. The van der Waals surface area contributed by atoms with Crippen molar-refractivity contribution in [3.8, 4) is 0 Å². The summed E-state index contributed by atoms with van der Waals surface area (Å²) in [6.45, 7) is 3.08. The normalized spacial score (nSPS) is 16.3. The van der Waals surface area contributed by atoms with Crippen molar-refractivity contribution >= 4 is 29.9 Å². The summed E-state index contributed by atoms with van der Waals surface area (Å²) in [6, 6.07) is 5.23. The number of halogens is 1. The molecule has 2 rings (SSSR count). The van der Waals surface area contributed by atoms with Gasteiger partial charge >= 0.3 is 7.12 Å². The highest BCUT2D eigenvalue weighted by Gasteiger charge is 2.17. The molecule has 0 amide bonds. The maximum absolute atomic E-state index is 9.04. The lowest BCUT2D eigenvalue weighted by atomic mass is 9.80. The summed E-state index contributed by atoms with van der Waals surface area (Å²) >= 11 is 5.97. The van der Waals surface area contributed by atoms with Crippen LogP contribution in [-0.2, 0) is 4.74 Å². The molecule has 86 valence electrons. The first-order valence-electron chi connectivity index (χ1n) is 5.17. The first kappa shape index (κ1) is 11.7. The third-order valence-electron chi connectivity index (χ3n) is 2.64. The molecule has 6 heteroatoms. The number of ether oxygens (including phenoxy) is 1. The van der Waals surface area contributed by atoms with E-state index in [0.717, 1.165) is 18.8 Å². The number of nitrogens with zero attached hydrogens (tertiary/aromatic N) is 1. The van der Waals surface area contributed by atoms with Gasteiger partial charge in [0.15, 0.2) is 0 Å². The molecular weight excluding hydrogens is 228 g/mol. The Morgan fingerprint density at radius 2 is 1.94 bits per heavy atom. The molecule has 0 radical (unpaired) electrons. The number of benzene rings is 1. The molecule has 0 aliphatic carbocycles. The van der Waals surface area contributed by atoms with Gasteiger partial charge in [-0.1, -0.05) is 17.7 Å². The zero-order chi connectivity index (χ0) is 11.5. The van der Waals surface area contributed by atoms with Crippen LogP contribution in [0, 0.1) is 0 Å². The lowest BCUT2D eigenvalue weighted by molar-refractivity contribution is 0.122. The van der Waals surface area contributed by atoms with E-state index in [2.05, 4.69) is 4.90 Å². The minimum absolute atomic E-state index is 0.332. The highest BCUT2D eigenvalue weighted by atomic mass is 35.5. The fourth-order valence-electron chi connectivity index (χ4n) is 1.74. The molecule has 1 aromatic rings. The van der Waals surface area contributed by atoms with Gasteiger partial charge in [-0.2, -0.15) is 0 Å². The predicted molar refractivity (Wildman–Crippen MR) is 64.3 cm³/mol. The van der Waals surface area contributed by atoms with Crippen LogP contribution in [0.3, 0.4) is 0 Å². The van der Waals surface area contributed by atoms with E-state index in [9.17, 15) is 0 Å². The molecule has 1 heterocycles. The molecule has 1 aromatic carbocycles. The van der Waals surface area contributed by atoms with Crippen molar-refractivity contribution in [2.24, 2.45) is 0 Å². The van der Waals surface area contributed by atoms with E-state index < -0.39 is 7.12 Å². The molecule has 0 atom stereocenters. The van der Waals surface area contributed by atoms with Gasteiger partial charge in [0, 0.05) is 29.3 Å². The Morgan fingerprint density at radius 1 is 1.25 bits per heavy atom. The van der Waals surface area contributed by atoms with Crippen LogP contribution in [0.5, 0.6) is 0 Å². The number of hydrogen-bond donors (Lipinski definition) is 2. The maximum Gasteiger partial charge on any atom is 0.489 e. The van der Waals surface area contributed by atoms with Crippen LogP contribution in [0.1, 0.15) is 0 Å². The minimum atomic E-state index is -1.52. The lowest BCUT2D eigenvalue weighted by Gasteiger charge is -2.29. The van der Waals surface area contributed by atoms with Crippen molar-refractivity contribution in [1.29, 1.82) is 0 Å². The first-order valence-corrected chi connectivity index (χ1v) is 5.54. The van der Waals surface area contributed by atoms with Gasteiger partial charge in [0.2, 0.25) is 0 Å². The molecule has 1 saturated heterocycles. The Bertz CT molecular complexity index is 369. The molecule has 1 aliphatic rings. The van der Waals surface area contributed by atoms with Crippen molar-refractivity contribution in [3.63, 3.8) is 0 Å². The highest BCUT2D eigenvalue weighted by Crippen LogP contribution is 2.19. The summed E-state index contributed by atoms with van der Waals surface area (Å²) in [4.78, 5) is 2.16. The van der Waals surface area contributed by atoms with Crippen LogP contribution < -0.4 is 10.4 Å². The fourth-order valence-corrected chi connectivity index (χ4v) is 2.02. The average Bonchev–Trinajstić information content (AvgIpc) is 2.29. The minimum Gasteiger partial charge on any atom is -0.423 e. The van der Waals surface area contributed by atoms with Crippen LogP contribution in [0.4, 0.5) is 5.69 Å². The molecule has 1 aliphatic heterocycles. The lowest BCUT2D eigenvalue weighted by Crippen LogP contribution is -2.37. The van der Waals surface area contributed by atoms with E-state index in [0.29, 0.717) is 23.7 Å². The van der Waals surface area contributed by atoms with Gasteiger partial charge in [-0.3, -0.25) is 0 Å². The van der Waals surface area contributed by atoms with Gasteiger partial charge < -0.3 is 19.7 Å². The summed E-state index contributed by atoms with van der Waals surface area (Å²) in [5.74, 6) is 0. The maximum atomic E-state index is 9.04. The summed E-state index contributed by atoms with van der Waals surface area (Å²) in [7, 11) is -1.52. The Labute approximate surface area is 99.5 Å². The highest BCUT2D eigenvalue weighted by molar-refractivity contribution is 6.62. The van der Waals surface area contributed by atoms with Crippen molar-refractivity contribution in [2.75, 3.05) is 31.2 Å². The Hall–Kier alpha value is -0.745. The van der Waals surface area contributed by atoms with Crippen molar-refractivity contribution in [3.05, 3.63) is 23.2 Å². The largest absolute Gasteiger partial charge is 0.489 e. The van der Waals surface area contributed by atoms with E-state index in [-0.39, 0.29) is 0 Å². The molecule has 0 saturated carbocycles. The molecule has 0 spiro atoms. The van der Waals surface area contributed by atoms with Gasteiger partial charge in [-0.15, -0.1) is 0 Å². The molecule has 0 bridgehead atoms. The van der Waals surface area contributed by atoms with Crippen molar-refractivity contribution in [1.82, 2.24) is 0 Å². The van der Waals surface area contributed by atoms with Crippen LogP contribution in [0.2, 0.25) is 5.02 Å². The zero-order valence-corrected chi connectivity index (χ0v) is 9.52. The Balaban J connectivity index is 2.19. The standard InChI is InChI=1S/C10H13BClNO3/c12-10-7-8(1-2-9(10)11(14)15)13-3-5-16-6-4-13/h1-2,7,14-15H,3-6H2. The van der Waals surface area contributed by atoms with Crippen LogP contribution >= 0.6 is 11.6 Å². The summed E-state index contributed by atoms with van der Waals surface area (Å²) in [5, 5.41) is 18.5. The van der Waals surface area contributed by atoms with E-state index in [4.69, 9.17) is 26.4 Å². The van der Waals surface area contributed by atoms with Crippen LogP contribution in [0.25, 0.3) is 0 Å². The second kappa shape index (κ2) is 5.06. The molecule has 0 aromatic heterocycles. The number of morpholine rings is 1.